The minimum absolute atomic E-state index is 0.158. The largest absolute Gasteiger partial charge is 0.473 e. The van der Waals surface area contributed by atoms with E-state index in [0.717, 1.165) is 41.9 Å². The maximum Gasteiger partial charge on any atom is 0.414 e. The molecule has 0 radical (unpaired) electrons. The highest BCUT2D eigenvalue weighted by atomic mass is 16.4. The molecule has 196 valence electrons. The summed E-state index contributed by atoms with van der Waals surface area (Å²) in [6.07, 6.45) is 11.3. The van der Waals surface area contributed by atoms with Crippen molar-refractivity contribution in [1.29, 1.82) is 0 Å². The van der Waals surface area contributed by atoms with Crippen LogP contribution in [-0.2, 0) is 22.6 Å². The molecule has 3 atom stereocenters. The standard InChI is InChI=1S/C28H34N2O.C2H2O4/c1-21(31)27-20-29(28-11-6-5-10-26(27)28)16-7-17-30-24-14-15-25(30)19-23(18-24)13-12-22-8-3-2-4-9-22;3-1(4)2(5)6/h2-6,8-11,20,23-25H,7,12-19H2,1H3;(H,3,4)(H,5,6)/t23?,24-,25+;. The zero-order chi connectivity index (χ0) is 26.4. The van der Waals surface area contributed by atoms with Crippen molar-refractivity contribution >= 4 is 28.6 Å². The van der Waals surface area contributed by atoms with Gasteiger partial charge in [0, 0.05) is 47.8 Å². The molecule has 2 aliphatic heterocycles. The fourth-order valence-electron chi connectivity index (χ4n) is 6.14. The summed E-state index contributed by atoms with van der Waals surface area (Å²) in [4.78, 5) is 33.1. The lowest BCUT2D eigenvalue weighted by Gasteiger charge is -2.39. The van der Waals surface area contributed by atoms with Crippen molar-refractivity contribution in [2.75, 3.05) is 6.54 Å². The smallest absolute Gasteiger partial charge is 0.414 e. The van der Waals surface area contributed by atoms with Crippen molar-refractivity contribution in [3.05, 3.63) is 71.9 Å². The first-order valence-corrected chi connectivity index (χ1v) is 13.2. The molecule has 7 nitrogen and oxygen atoms in total. The van der Waals surface area contributed by atoms with Crippen molar-refractivity contribution in [2.24, 2.45) is 5.92 Å². The first kappa shape index (κ1) is 26.6. The lowest BCUT2D eigenvalue weighted by atomic mass is 9.86. The molecule has 0 saturated carbocycles. The maximum absolute atomic E-state index is 12.0. The van der Waals surface area contributed by atoms with Gasteiger partial charge in [-0.3, -0.25) is 9.69 Å². The number of rotatable bonds is 8. The summed E-state index contributed by atoms with van der Waals surface area (Å²) >= 11 is 0. The molecule has 2 aromatic carbocycles. The number of carboxylic acids is 2. The van der Waals surface area contributed by atoms with Crippen LogP contribution >= 0.6 is 0 Å². The molecule has 1 unspecified atom stereocenters. The van der Waals surface area contributed by atoms with Gasteiger partial charge >= 0.3 is 11.9 Å². The number of benzene rings is 2. The molecule has 2 fully saturated rings. The number of carbonyl (C=O) groups is 3. The van der Waals surface area contributed by atoms with Crippen LogP contribution in [0.15, 0.2) is 60.8 Å². The molecule has 3 heterocycles. The van der Waals surface area contributed by atoms with Crippen LogP contribution in [0.4, 0.5) is 0 Å². The Hall–Kier alpha value is -3.45. The van der Waals surface area contributed by atoms with Crippen LogP contribution in [0.5, 0.6) is 0 Å². The summed E-state index contributed by atoms with van der Waals surface area (Å²) in [6.45, 7) is 3.84. The third-order valence-electron chi connectivity index (χ3n) is 7.83. The van der Waals surface area contributed by atoms with Gasteiger partial charge in [0.2, 0.25) is 0 Å². The summed E-state index contributed by atoms with van der Waals surface area (Å²) in [5, 5.41) is 15.9. The number of aryl methyl sites for hydroxylation is 2. The number of aromatic nitrogens is 1. The maximum atomic E-state index is 12.0. The third-order valence-corrected chi connectivity index (χ3v) is 7.83. The Morgan fingerprint density at radius 2 is 1.49 bits per heavy atom. The number of Topliss-reactive ketones (excluding diaryl/α,β-unsaturated/α-hetero) is 1. The van der Waals surface area contributed by atoms with E-state index < -0.39 is 11.9 Å². The normalized spacial score (nSPS) is 20.8. The van der Waals surface area contributed by atoms with Gasteiger partial charge in [-0.25, -0.2) is 9.59 Å². The van der Waals surface area contributed by atoms with E-state index in [0.29, 0.717) is 0 Å². The number of ketones is 1. The second kappa shape index (κ2) is 12.2. The van der Waals surface area contributed by atoms with Crippen molar-refractivity contribution in [3.8, 4) is 0 Å². The van der Waals surface area contributed by atoms with Crippen LogP contribution in [0, 0.1) is 5.92 Å². The van der Waals surface area contributed by atoms with E-state index in [1.54, 1.807) is 6.92 Å². The van der Waals surface area contributed by atoms with E-state index in [9.17, 15) is 4.79 Å². The lowest BCUT2D eigenvalue weighted by molar-refractivity contribution is -0.159. The summed E-state index contributed by atoms with van der Waals surface area (Å²) in [5.74, 6) is -2.60. The summed E-state index contributed by atoms with van der Waals surface area (Å²) in [7, 11) is 0. The molecular formula is C30H36N2O5. The van der Waals surface area contributed by atoms with Gasteiger partial charge in [-0.15, -0.1) is 0 Å². The predicted molar refractivity (Wildman–Crippen MR) is 143 cm³/mol. The molecule has 2 aliphatic rings. The van der Waals surface area contributed by atoms with Crippen LogP contribution in [0.25, 0.3) is 10.9 Å². The number of hydrogen-bond donors (Lipinski definition) is 2. The van der Waals surface area contributed by atoms with Gasteiger partial charge < -0.3 is 14.8 Å². The first-order chi connectivity index (χ1) is 17.8. The van der Waals surface area contributed by atoms with Gasteiger partial charge in [0.05, 0.1) is 0 Å². The van der Waals surface area contributed by atoms with Crippen LogP contribution in [0.1, 0.15) is 61.4 Å². The van der Waals surface area contributed by atoms with E-state index >= 15 is 0 Å². The monoisotopic (exact) mass is 504 g/mol. The average molecular weight is 505 g/mol. The molecule has 2 bridgehead atoms. The van der Waals surface area contributed by atoms with Crippen LogP contribution in [-0.4, -0.2) is 56.0 Å². The van der Waals surface area contributed by atoms with Crippen molar-refractivity contribution in [2.45, 2.75) is 70.5 Å². The summed E-state index contributed by atoms with van der Waals surface area (Å²) < 4.78 is 2.29. The van der Waals surface area contributed by atoms with Crippen molar-refractivity contribution < 1.29 is 24.6 Å². The van der Waals surface area contributed by atoms with Crippen LogP contribution in [0.2, 0.25) is 0 Å². The molecule has 2 N–H and O–H groups in total. The molecule has 0 amide bonds. The second-order valence-electron chi connectivity index (χ2n) is 10.3. The highest BCUT2D eigenvalue weighted by Crippen LogP contribution is 2.40. The number of carbonyl (C=O) groups excluding carboxylic acids is 1. The molecular weight excluding hydrogens is 468 g/mol. The molecule has 1 aromatic heterocycles. The van der Waals surface area contributed by atoms with E-state index in [-0.39, 0.29) is 5.78 Å². The van der Waals surface area contributed by atoms with E-state index in [4.69, 9.17) is 19.8 Å². The number of para-hydroxylation sites is 1. The fourth-order valence-corrected chi connectivity index (χ4v) is 6.14. The first-order valence-electron chi connectivity index (χ1n) is 13.2. The topological polar surface area (TPSA) is 99.8 Å². The van der Waals surface area contributed by atoms with Gasteiger partial charge in [0.1, 0.15) is 0 Å². The minimum atomic E-state index is -1.82. The molecule has 2 saturated heterocycles. The van der Waals surface area contributed by atoms with Gasteiger partial charge in [-0.05, 0) is 69.4 Å². The zero-order valence-electron chi connectivity index (χ0n) is 21.4. The number of piperidine rings is 1. The molecule has 0 aliphatic carbocycles. The Morgan fingerprint density at radius 1 is 0.865 bits per heavy atom. The quantitative estimate of drug-likeness (QED) is 0.320. The van der Waals surface area contributed by atoms with Crippen LogP contribution < -0.4 is 0 Å². The Labute approximate surface area is 217 Å². The third kappa shape index (κ3) is 6.66. The summed E-state index contributed by atoms with van der Waals surface area (Å²) in [5.41, 5.74) is 3.53. The lowest BCUT2D eigenvalue weighted by Crippen LogP contribution is -2.43. The highest BCUT2D eigenvalue weighted by Gasteiger charge is 2.39. The Morgan fingerprint density at radius 3 is 2.11 bits per heavy atom. The molecule has 5 rings (SSSR count). The molecule has 0 spiro atoms. The Bertz CT molecular complexity index is 1210. The molecule has 3 aromatic rings. The SMILES string of the molecule is CC(=O)c1cn(CCCN2[C@@H]3CC[C@H]2CC(CCc2ccccc2)C3)c2ccccc12.O=C(O)C(=O)O. The predicted octanol–water partition coefficient (Wildman–Crippen LogP) is 5.27. The number of fused-ring (bicyclic) bond motifs is 3. The van der Waals surface area contributed by atoms with E-state index in [2.05, 4.69) is 64.2 Å². The minimum Gasteiger partial charge on any atom is -0.473 e. The molecule has 7 heteroatoms. The Balaban J connectivity index is 0.000000480. The number of carboxylic acid groups (broad SMARTS) is 2. The second-order valence-corrected chi connectivity index (χ2v) is 10.3. The van der Waals surface area contributed by atoms with Crippen LogP contribution in [0.3, 0.4) is 0 Å². The van der Waals surface area contributed by atoms with Crippen molar-refractivity contribution in [1.82, 2.24) is 9.47 Å². The molecule has 37 heavy (non-hydrogen) atoms. The van der Waals surface area contributed by atoms with Crippen molar-refractivity contribution in [3.63, 3.8) is 0 Å². The number of aliphatic carboxylic acids is 2. The average Bonchev–Trinajstić information content (AvgIpc) is 3.37. The summed E-state index contributed by atoms with van der Waals surface area (Å²) in [6, 6.07) is 20.9. The van der Waals surface area contributed by atoms with E-state index in [1.807, 2.05) is 6.07 Å². The Kier molecular flexibility index (Phi) is 8.77. The van der Waals surface area contributed by atoms with Gasteiger partial charge in [-0.2, -0.15) is 0 Å². The van der Waals surface area contributed by atoms with Gasteiger partial charge in [-0.1, -0.05) is 48.5 Å². The zero-order valence-corrected chi connectivity index (χ0v) is 21.4. The fraction of sp³-hybridized carbons (Fsp3) is 0.433. The van der Waals surface area contributed by atoms with Gasteiger partial charge in [0.15, 0.2) is 5.78 Å². The number of hydrogen-bond acceptors (Lipinski definition) is 4. The van der Waals surface area contributed by atoms with E-state index in [1.165, 1.54) is 56.1 Å². The number of nitrogens with zero attached hydrogens (tertiary/aromatic N) is 2. The highest BCUT2D eigenvalue weighted by molar-refractivity contribution is 6.27. The van der Waals surface area contributed by atoms with Gasteiger partial charge in [0.25, 0.3) is 0 Å².